The van der Waals surface area contributed by atoms with Crippen molar-refractivity contribution in [1.29, 1.82) is 0 Å². The first-order valence-corrected chi connectivity index (χ1v) is 6.98. The van der Waals surface area contributed by atoms with E-state index in [0.717, 1.165) is 25.3 Å². The number of rotatable bonds is 7. The molecule has 100 valence electrons. The van der Waals surface area contributed by atoms with Crippen LogP contribution < -0.4 is 10.1 Å². The minimum atomic E-state index is 0.817. The number of para-hydroxylation sites is 1. The first kappa shape index (κ1) is 13.4. The van der Waals surface area contributed by atoms with Crippen molar-refractivity contribution in [2.45, 2.75) is 25.8 Å². The Labute approximate surface area is 110 Å². The molecular formula is C15H24N2O. The molecule has 3 nitrogen and oxygen atoms in total. The first-order chi connectivity index (χ1) is 8.90. The van der Waals surface area contributed by atoms with Crippen molar-refractivity contribution in [3.8, 4) is 5.75 Å². The van der Waals surface area contributed by atoms with Crippen molar-refractivity contribution < 1.29 is 4.74 Å². The van der Waals surface area contributed by atoms with Crippen molar-refractivity contribution >= 4 is 0 Å². The summed E-state index contributed by atoms with van der Waals surface area (Å²) in [5, 5.41) is 3.17. The number of likely N-dealkylation sites (tertiary alicyclic amines) is 1. The molecule has 2 rings (SSSR count). The molecule has 0 unspecified atom stereocenters. The van der Waals surface area contributed by atoms with Crippen LogP contribution in [0.25, 0.3) is 0 Å². The lowest BCUT2D eigenvalue weighted by atomic mass is 10.2. The number of hydrogen-bond acceptors (Lipinski definition) is 3. The SMILES string of the molecule is CNCc1ccccc1OCCCN1CCCC1. The Balaban J connectivity index is 1.72. The van der Waals surface area contributed by atoms with E-state index in [2.05, 4.69) is 28.4 Å². The maximum atomic E-state index is 5.88. The van der Waals surface area contributed by atoms with Gasteiger partial charge in [-0.1, -0.05) is 18.2 Å². The van der Waals surface area contributed by atoms with E-state index < -0.39 is 0 Å². The molecule has 1 N–H and O–H groups in total. The zero-order valence-electron chi connectivity index (χ0n) is 11.3. The highest BCUT2D eigenvalue weighted by Crippen LogP contribution is 2.18. The predicted octanol–water partition coefficient (Wildman–Crippen LogP) is 2.27. The van der Waals surface area contributed by atoms with Gasteiger partial charge in [0.2, 0.25) is 0 Å². The van der Waals surface area contributed by atoms with Crippen molar-refractivity contribution in [3.05, 3.63) is 29.8 Å². The van der Waals surface area contributed by atoms with E-state index in [-0.39, 0.29) is 0 Å². The van der Waals surface area contributed by atoms with Crippen LogP contribution in [-0.4, -0.2) is 38.2 Å². The predicted molar refractivity (Wildman–Crippen MR) is 75.0 cm³/mol. The summed E-state index contributed by atoms with van der Waals surface area (Å²) >= 11 is 0. The van der Waals surface area contributed by atoms with Crippen molar-refractivity contribution in [1.82, 2.24) is 10.2 Å². The smallest absolute Gasteiger partial charge is 0.123 e. The van der Waals surface area contributed by atoms with Gasteiger partial charge in [-0.25, -0.2) is 0 Å². The van der Waals surface area contributed by atoms with Crippen LogP contribution >= 0.6 is 0 Å². The third kappa shape index (κ3) is 4.00. The molecule has 1 aromatic rings. The van der Waals surface area contributed by atoms with Crippen LogP contribution in [0.4, 0.5) is 0 Å². The monoisotopic (exact) mass is 248 g/mol. The summed E-state index contributed by atoms with van der Waals surface area (Å²) in [7, 11) is 1.96. The number of nitrogens with one attached hydrogen (secondary N) is 1. The van der Waals surface area contributed by atoms with Crippen molar-refractivity contribution in [3.63, 3.8) is 0 Å². The molecule has 3 heteroatoms. The summed E-state index contributed by atoms with van der Waals surface area (Å²) < 4.78 is 5.88. The largest absolute Gasteiger partial charge is 0.493 e. The second kappa shape index (κ2) is 7.39. The Kier molecular flexibility index (Phi) is 5.49. The average molecular weight is 248 g/mol. The van der Waals surface area contributed by atoms with Crippen LogP contribution in [0, 0.1) is 0 Å². The molecule has 0 radical (unpaired) electrons. The molecule has 0 atom stereocenters. The van der Waals surface area contributed by atoms with Gasteiger partial charge in [0.15, 0.2) is 0 Å². The Morgan fingerprint density at radius 2 is 2.00 bits per heavy atom. The number of nitrogens with zero attached hydrogens (tertiary/aromatic N) is 1. The highest BCUT2D eigenvalue weighted by molar-refractivity contribution is 5.33. The lowest BCUT2D eigenvalue weighted by molar-refractivity contribution is 0.261. The molecule has 0 bridgehead atoms. The fraction of sp³-hybridized carbons (Fsp3) is 0.600. The van der Waals surface area contributed by atoms with Crippen molar-refractivity contribution in [2.75, 3.05) is 33.3 Å². The van der Waals surface area contributed by atoms with Crippen LogP contribution in [0.5, 0.6) is 5.75 Å². The van der Waals surface area contributed by atoms with E-state index >= 15 is 0 Å². The number of ether oxygens (including phenoxy) is 1. The van der Waals surface area contributed by atoms with Gasteiger partial charge >= 0.3 is 0 Å². The summed E-state index contributed by atoms with van der Waals surface area (Å²) in [6.45, 7) is 5.40. The molecule has 1 saturated heterocycles. The Hall–Kier alpha value is -1.06. The molecule has 0 spiro atoms. The summed E-state index contributed by atoms with van der Waals surface area (Å²) in [6.07, 6.45) is 3.85. The molecule has 1 aliphatic heterocycles. The summed E-state index contributed by atoms with van der Waals surface area (Å²) in [5.74, 6) is 1.02. The minimum absolute atomic E-state index is 0.817. The molecule has 1 aromatic carbocycles. The summed E-state index contributed by atoms with van der Waals surface area (Å²) in [4.78, 5) is 2.53. The van der Waals surface area contributed by atoms with Crippen LogP contribution in [0.1, 0.15) is 24.8 Å². The topological polar surface area (TPSA) is 24.5 Å². The van der Waals surface area contributed by atoms with E-state index in [1.807, 2.05) is 13.1 Å². The molecule has 0 aromatic heterocycles. The van der Waals surface area contributed by atoms with Gasteiger partial charge < -0.3 is 15.0 Å². The van der Waals surface area contributed by atoms with E-state index in [1.54, 1.807) is 0 Å². The highest BCUT2D eigenvalue weighted by atomic mass is 16.5. The zero-order valence-corrected chi connectivity index (χ0v) is 11.3. The van der Waals surface area contributed by atoms with E-state index in [0.29, 0.717) is 0 Å². The van der Waals surface area contributed by atoms with Gasteiger partial charge in [0, 0.05) is 18.7 Å². The molecule has 0 amide bonds. The van der Waals surface area contributed by atoms with Crippen LogP contribution in [0.15, 0.2) is 24.3 Å². The van der Waals surface area contributed by atoms with Gasteiger partial charge in [0.05, 0.1) is 6.61 Å². The fourth-order valence-electron chi connectivity index (χ4n) is 2.46. The zero-order chi connectivity index (χ0) is 12.6. The third-order valence-corrected chi connectivity index (χ3v) is 3.41. The maximum absolute atomic E-state index is 5.88. The fourth-order valence-corrected chi connectivity index (χ4v) is 2.46. The molecular weight excluding hydrogens is 224 g/mol. The molecule has 0 saturated carbocycles. The molecule has 0 aliphatic carbocycles. The van der Waals surface area contributed by atoms with Crippen LogP contribution in [-0.2, 0) is 6.54 Å². The Morgan fingerprint density at radius 1 is 1.22 bits per heavy atom. The quantitative estimate of drug-likeness (QED) is 0.749. The first-order valence-electron chi connectivity index (χ1n) is 6.98. The second-order valence-electron chi connectivity index (χ2n) is 4.89. The normalized spacial score (nSPS) is 16.1. The molecule has 1 fully saturated rings. The highest BCUT2D eigenvalue weighted by Gasteiger charge is 2.10. The number of benzene rings is 1. The third-order valence-electron chi connectivity index (χ3n) is 3.41. The van der Waals surface area contributed by atoms with Gasteiger partial charge in [-0.15, -0.1) is 0 Å². The summed E-state index contributed by atoms with van der Waals surface area (Å²) in [6, 6.07) is 8.27. The Bertz CT molecular complexity index is 348. The average Bonchev–Trinajstić information content (AvgIpc) is 2.90. The maximum Gasteiger partial charge on any atom is 0.123 e. The van der Waals surface area contributed by atoms with Gasteiger partial charge in [-0.3, -0.25) is 0 Å². The lowest BCUT2D eigenvalue weighted by Gasteiger charge is -2.15. The molecule has 18 heavy (non-hydrogen) atoms. The van der Waals surface area contributed by atoms with Crippen molar-refractivity contribution in [2.24, 2.45) is 0 Å². The van der Waals surface area contributed by atoms with E-state index in [1.165, 1.54) is 38.0 Å². The second-order valence-corrected chi connectivity index (χ2v) is 4.89. The minimum Gasteiger partial charge on any atom is -0.493 e. The van der Waals surface area contributed by atoms with Crippen LogP contribution in [0.2, 0.25) is 0 Å². The molecule has 1 heterocycles. The number of hydrogen-bond donors (Lipinski definition) is 1. The van der Waals surface area contributed by atoms with Gasteiger partial charge in [-0.05, 0) is 45.5 Å². The van der Waals surface area contributed by atoms with E-state index in [4.69, 9.17) is 4.74 Å². The van der Waals surface area contributed by atoms with E-state index in [9.17, 15) is 0 Å². The Morgan fingerprint density at radius 3 is 2.78 bits per heavy atom. The standard InChI is InChI=1S/C15H24N2O/c1-16-13-14-7-2-3-8-15(14)18-12-6-11-17-9-4-5-10-17/h2-3,7-8,16H,4-6,9-13H2,1H3. The van der Waals surface area contributed by atoms with Crippen LogP contribution in [0.3, 0.4) is 0 Å². The molecule has 1 aliphatic rings. The van der Waals surface area contributed by atoms with Gasteiger partial charge in [0.1, 0.15) is 5.75 Å². The lowest BCUT2D eigenvalue weighted by Crippen LogP contribution is -2.22. The van der Waals surface area contributed by atoms with Gasteiger partial charge in [-0.2, -0.15) is 0 Å². The summed E-state index contributed by atoms with van der Waals surface area (Å²) in [5.41, 5.74) is 1.24. The van der Waals surface area contributed by atoms with Gasteiger partial charge in [0.25, 0.3) is 0 Å².